The maximum atomic E-state index is 12.4. The first-order chi connectivity index (χ1) is 14.2. The van der Waals surface area contributed by atoms with Crippen molar-refractivity contribution in [2.45, 2.75) is 6.61 Å². The minimum Gasteiger partial charge on any atom is -0.493 e. The van der Waals surface area contributed by atoms with Crippen molar-refractivity contribution in [2.24, 2.45) is 0 Å². The third-order valence-electron chi connectivity index (χ3n) is 3.98. The Bertz CT molecular complexity index is 1090. The molecule has 3 heterocycles. The van der Waals surface area contributed by atoms with Crippen LogP contribution < -0.4 is 14.8 Å². The molecule has 1 amide bonds. The van der Waals surface area contributed by atoms with Gasteiger partial charge in [-0.25, -0.2) is 14.6 Å². The van der Waals surface area contributed by atoms with Crippen LogP contribution in [0, 0.1) is 0 Å². The van der Waals surface area contributed by atoms with Crippen molar-refractivity contribution < 1.29 is 18.7 Å². The Balaban J connectivity index is 1.37. The fraction of sp³-hybridized carbons (Fsp3) is 0.100. The predicted octanol–water partition coefficient (Wildman–Crippen LogP) is 3.10. The van der Waals surface area contributed by atoms with E-state index in [0.29, 0.717) is 28.8 Å². The first-order valence-corrected chi connectivity index (χ1v) is 8.70. The lowest BCUT2D eigenvalue weighted by Crippen LogP contribution is -2.11. The summed E-state index contributed by atoms with van der Waals surface area (Å²) in [4.78, 5) is 20.5. The van der Waals surface area contributed by atoms with Gasteiger partial charge in [-0.05, 0) is 36.4 Å². The number of amides is 1. The van der Waals surface area contributed by atoms with Crippen LogP contribution in [0.4, 0.5) is 5.69 Å². The number of anilines is 1. The molecular weight excluding hydrogens is 374 g/mol. The monoisotopic (exact) mass is 391 g/mol. The summed E-state index contributed by atoms with van der Waals surface area (Å²) in [7, 11) is 1.57. The number of para-hydroxylation sites is 2. The van der Waals surface area contributed by atoms with Gasteiger partial charge in [0.25, 0.3) is 5.91 Å². The van der Waals surface area contributed by atoms with Gasteiger partial charge in [-0.2, -0.15) is 5.10 Å². The zero-order chi connectivity index (χ0) is 20.1. The van der Waals surface area contributed by atoms with Crippen LogP contribution in [0.2, 0.25) is 0 Å². The van der Waals surface area contributed by atoms with E-state index in [2.05, 4.69) is 20.4 Å². The molecule has 0 aliphatic heterocycles. The fourth-order valence-electron chi connectivity index (χ4n) is 2.58. The van der Waals surface area contributed by atoms with Gasteiger partial charge in [-0.3, -0.25) is 4.79 Å². The standard InChI is InChI=1S/C20H17N5O4/c1-27-16-4-2-3-5-17(16)28-11-15-7-8-18(29-15)20(26)24-14-6-9-19(22-10-14)25-13-21-12-23-25/h2-10,12-13H,11H2,1H3,(H,24,26). The minimum absolute atomic E-state index is 0.168. The number of methoxy groups -OCH3 is 1. The molecule has 4 aromatic rings. The van der Waals surface area contributed by atoms with Gasteiger partial charge in [0.2, 0.25) is 0 Å². The van der Waals surface area contributed by atoms with Gasteiger partial charge in [0.05, 0.1) is 19.0 Å². The van der Waals surface area contributed by atoms with Crippen LogP contribution in [0.3, 0.4) is 0 Å². The summed E-state index contributed by atoms with van der Waals surface area (Å²) in [5, 5.41) is 6.73. The molecule has 1 N–H and O–H groups in total. The van der Waals surface area contributed by atoms with Gasteiger partial charge in [0, 0.05) is 0 Å². The molecule has 29 heavy (non-hydrogen) atoms. The summed E-state index contributed by atoms with van der Waals surface area (Å²) in [5.74, 6) is 2.11. The number of benzene rings is 1. The number of nitrogens with one attached hydrogen (secondary N) is 1. The quantitative estimate of drug-likeness (QED) is 0.516. The SMILES string of the molecule is COc1ccccc1OCc1ccc(C(=O)Nc2ccc(-n3cncn3)nc2)o1. The Morgan fingerprint density at radius 2 is 2.00 bits per heavy atom. The van der Waals surface area contributed by atoms with Crippen molar-refractivity contribution in [1.82, 2.24) is 19.7 Å². The van der Waals surface area contributed by atoms with Crippen LogP contribution in [0.25, 0.3) is 5.82 Å². The van der Waals surface area contributed by atoms with Crippen LogP contribution in [0.5, 0.6) is 11.5 Å². The molecule has 0 saturated heterocycles. The number of carbonyl (C=O) groups is 1. The third-order valence-corrected chi connectivity index (χ3v) is 3.98. The number of furan rings is 1. The number of pyridine rings is 1. The number of ether oxygens (including phenoxy) is 2. The molecule has 9 nitrogen and oxygen atoms in total. The lowest BCUT2D eigenvalue weighted by Gasteiger charge is -2.08. The van der Waals surface area contributed by atoms with Crippen molar-refractivity contribution in [3.8, 4) is 17.3 Å². The van der Waals surface area contributed by atoms with Crippen LogP contribution in [0.1, 0.15) is 16.3 Å². The second-order valence-electron chi connectivity index (χ2n) is 5.90. The predicted molar refractivity (Wildman–Crippen MR) is 103 cm³/mol. The molecule has 0 aliphatic carbocycles. The van der Waals surface area contributed by atoms with Gasteiger partial charge in [0.1, 0.15) is 25.0 Å². The summed E-state index contributed by atoms with van der Waals surface area (Å²) in [6.45, 7) is 0.168. The van der Waals surface area contributed by atoms with Crippen molar-refractivity contribution >= 4 is 11.6 Å². The highest BCUT2D eigenvalue weighted by Crippen LogP contribution is 2.26. The number of rotatable bonds is 7. The maximum absolute atomic E-state index is 12.4. The van der Waals surface area contributed by atoms with Gasteiger partial charge in [0.15, 0.2) is 23.1 Å². The molecule has 4 rings (SSSR count). The Kier molecular flexibility index (Phi) is 5.19. The summed E-state index contributed by atoms with van der Waals surface area (Å²) in [6.07, 6.45) is 4.49. The molecule has 1 aromatic carbocycles. The minimum atomic E-state index is -0.385. The molecule has 0 spiro atoms. The molecule has 0 unspecified atom stereocenters. The zero-order valence-corrected chi connectivity index (χ0v) is 15.5. The molecule has 146 valence electrons. The molecule has 9 heteroatoms. The smallest absolute Gasteiger partial charge is 0.291 e. The van der Waals surface area contributed by atoms with Gasteiger partial charge in [-0.15, -0.1) is 0 Å². The molecule has 0 bridgehead atoms. The van der Waals surface area contributed by atoms with E-state index in [1.54, 1.807) is 43.5 Å². The Morgan fingerprint density at radius 3 is 2.72 bits per heavy atom. The van der Waals surface area contributed by atoms with Crippen molar-refractivity contribution in [1.29, 1.82) is 0 Å². The van der Waals surface area contributed by atoms with Gasteiger partial charge in [-0.1, -0.05) is 12.1 Å². The summed E-state index contributed by atoms with van der Waals surface area (Å²) >= 11 is 0. The molecular formula is C20H17N5O4. The van der Waals surface area contributed by atoms with Gasteiger partial charge < -0.3 is 19.2 Å². The summed E-state index contributed by atoms with van der Waals surface area (Å²) in [6, 6.07) is 14.0. The lowest BCUT2D eigenvalue weighted by molar-refractivity contribution is 0.0992. The van der Waals surface area contributed by atoms with E-state index in [4.69, 9.17) is 13.9 Å². The zero-order valence-electron chi connectivity index (χ0n) is 15.5. The number of nitrogens with zero attached hydrogens (tertiary/aromatic N) is 4. The van der Waals surface area contributed by atoms with E-state index in [-0.39, 0.29) is 18.3 Å². The highest BCUT2D eigenvalue weighted by molar-refractivity contribution is 6.02. The Hall–Kier alpha value is -4.14. The number of aromatic nitrogens is 4. The van der Waals surface area contributed by atoms with Crippen molar-refractivity contribution in [2.75, 3.05) is 12.4 Å². The van der Waals surface area contributed by atoms with Crippen molar-refractivity contribution in [3.63, 3.8) is 0 Å². The number of carbonyl (C=O) groups excluding carboxylic acids is 1. The van der Waals surface area contributed by atoms with Crippen LogP contribution >= 0.6 is 0 Å². The highest BCUT2D eigenvalue weighted by Gasteiger charge is 2.13. The molecule has 0 saturated carbocycles. The van der Waals surface area contributed by atoms with Crippen LogP contribution in [-0.2, 0) is 6.61 Å². The molecule has 0 radical (unpaired) electrons. The highest BCUT2D eigenvalue weighted by atomic mass is 16.5. The number of hydrogen-bond acceptors (Lipinski definition) is 7. The van der Waals surface area contributed by atoms with Crippen LogP contribution in [-0.4, -0.2) is 32.8 Å². The van der Waals surface area contributed by atoms with E-state index >= 15 is 0 Å². The van der Waals surface area contributed by atoms with E-state index in [0.717, 1.165) is 0 Å². The normalized spacial score (nSPS) is 10.5. The Labute approximate surface area is 165 Å². The summed E-state index contributed by atoms with van der Waals surface area (Å²) in [5.41, 5.74) is 0.530. The first kappa shape index (κ1) is 18.2. The van der Waals surface area contributed by atoms with Crippen molar-refractivity contribution in [3.05, 3.63) is 78.9 Å². The second kappa shape index (κ2) is 8.26. The fourth-order valence-corrected chi connectivity index (χ4v) is 2.58. The van der Waals surface area contributed by atoms with E-state index in [9.17, 15) is 4.79 Å². The molecule has 3 aromatic heterocycles. The van der Waals surface area contributed by atoms with Gasteiger partial charge >= 0.3 is 0 Å². The molecule has 0 aliphatic rings. The van der Waals surface area contributed by atoms with Crippen LogP contribution in [0.15, 0.2) is 71.8 Å². The second-order valence-corrected chi connectivity index (χ2v) is 5.90. The molecule has 0 atom stereocenters. The maximum Gasteiger partial charge on any atom is 0.291 e. The average Bonchev–Trinajstić information content (AvgIpc) is 3.45. The van der Waals surface area contributed by atoms with E-state index in [1.165, 1.54) is 23.5 Å². The lowest BCUT2D eigenvalue weighted by atomic mass is 10.3. The first-order valence-electron chi connectivity index (χ1n) is 8.70. The topological polar surface area (TPSA) is 104 Å². The Morgan fingerprint density at radius 1 is 1.14 bits per heavy atom. The van der Waals surface area contributed by atoms with E-state index < -0.39 is 0 Å². The largest absolute Gasteiger partial charge is 0.493 e. The summed E-state index contributed by atoms with van der Waals surface area (Å²) < 4.78 is 18.0. The third kappa shape index (κ3) is 4.24. The molecule has 0 fully saturated rings. The number of hydrogen-bond donors (Lipinski definition) is 1. The average molecular weight is 391 g/mol. The van der Waals surface area contributed by atoms with E-state index in [1.807, 2.05) is 12.1 Å².